The van der Waals surface area contributed by atoms with E-state index >= 15 is 0 Å². The fourth-order valence-corrected chi connectivity index (χ4v) is 1.70. The molecule has 0 aromatic heterocycles. The SMILES string of the molecule is CCCCC(C)NC(=O)NC(CC(C)C)C(=O)O. The molecule has 0 bridgehead atoms. The molecule has 0 spiro atoms. The minimum absolute atomic E-state index is 0.0680. The van der Waals surface area contributed by atoms with Gasteiger partial charge in [-0.25, -0.2) is 9.59 Å². The first-order chi connectivity index (χ1) is 8.36. The van der Waals surface area contributed by atoms with Gasteiger partial charge in [0.15, 0.2) is 0 Å². The molecule has 0 fully saturated rings. The summed E-state index contributed by atoms with van der Waals surface area (Å²) in [6, 6.07) is -1.14. The van der Waals surface area contributed by atoms with E-state index in [0.717, 1.165) is 19.3 Å². The van der Waals surface area contributed by atoms with E-state index in [9.17, 15) is 9.59 Å². The molecule has 0 saturated heterocycles. The molecule has 3 N–H and O–H groups in total. The van der Waals surface area contributed by atoms with Gasteiger partial charge >= 0.3 is 12.0 Å². The number of urea groups is 1. The molecular weight excluding hydrogens is 232 g/mol. The predicted octanol–water partition coefficient (Wildman–Crippen LogP) is 2.36. The highest BCUT2D eigenvalue weighted by atomic mass is 16.4. The normalized spacial score (nSPS) is 14.1. The van der Waals surface area contributed by atoms with Crippen LogP contribution in [0.2, 0.25) is 0 Å². The van der Waals surface area contributed by atoms with Crippen molar-refractivity contribution in [3.8, 4) is 0 Å². The van der Waals surface area contributed by atoms with Crippen LogP contribution in [0, 0.1) is 5.92 Å². The van der Waals surface area contributed by atoms with E-state index in [1.807, 2.05) is 20.8 Å². The van der Waals surface area contributed by atoms with E-state index in [1.165, 1.54) is 0 Å². The van der Waals surface area contributed by atoms with Crippen LogP contribution < -0.4 is 10.6 Å². The average Bonchev–Trinajstić information content (AvgIpc) is 2.24. The van der Waals surface area contributed by atoms with Crippen molar-refractivity contribution in [1.82, 2.24) is 10.6 Å². The van der Waals surface area contributed by atoms with Gasteiger partial charge in [0.05, 0.1) is 0 Å². The van der Waals surface area contributed by atoms with Crippen molar-refractivity contribution < 1.29 is 14.7 Å². The number of hydrogen-bond donors (Lipinski definition) is 3. The molecule has 0 aliphatic heterocycles. The van der Waals surface area contributed by atoms with E-state index < -0.39 is 18.0 Å². The van der Waals surface area contributed by atoms with Crippen LogP contribution in [0.25, 0.3) is 0 Å². The highest BCUT2D eigenvalue weighted by Gasteiger charge is 2.21. The van der Waals surface area contributed by atoms with E-state index in [0.29, 0.717) is 6.42 Å². The van der Waals surface area contributed by atoms with Crippen LogP contribution >= 0.6 is 0 Å². The molecule has 2 amide bonds. The zero-order valence-electron chi connectivity index (χ0n) is 11.8. The first-order valence-electron chi connectivity index (χ1n) is 6.66. The number of amides is 2. The lowest BCUT2D eigenvalue weighted by Crippen LogP contribution is -2.48. The topological polar surface area (TPSA) is 78.4 Å². The standard InChI is InChI=1S/C13H26N2O3/c1-5-6-7-10(4)14-13(18)15-11(12(16)17)8-9(2)3/h9-11H,5-8H2,1-4H3,(H,16,17)(H2,14,15,18). The summed E-state index contributed by atoms with van der Waals surface area (Å²) in [7, 11) is 0. The fourth-order valence-electron chi connectivity index (χ4n) is 1.70. The van der Waals surface area contributed by atoms with Crippen LogP contribution in [0.1, 0.15) is 53.4 Å². The summed E-state index contributed by atoms with van der Waals surface area (Å²) in [5.41, 5.74) is 0. The van der Waals surface area contributed by atoms with Crippen molar-refractivity contribution in [2.24, 2.45) is 5.92 Å². The van der Waals surface area contributed by atoms with Crippen LogP contribution in [0.3, 0.4) is 0 Å². The maximum absolute atomic E-state index is 11.6. The Morgan fingerprint density at radius 1 is 1.17 bits per heavy atom. The lowest BCUT2D eigenvalue weighted by molar-refractivity contribution is -0.139. The third-order valence-electron chi connectivity index (χ3n) is 2.68. The summed E-state index contributed by atoms with van der Waals surface area (Å²) >= 11 is 0. The summed E-state index contributed by atoms with van der Waals surface area (Å²) in [6.07, 6.45) is 3.48. The van der Waals surface area contributed by atoms with Gasteiger partial charge in [-0.05, 0) is 25.7 Å². The molecule has 5 heteroatoms. The molecule has 2 atom stereocenters. The third kappa shape index (κ3) is 7.92. The molecule has 0 heterocycles. The molecule has 0 aliphatic carbocycles. The van der Waals surface area contributed by atoms with Crippen molar-refractivity contribution in [2.45, 2.75) is 65.5 Å². The van der Waals surface area contributed by atoms with Gasteiger partial charge in [-0.3, -0.25) is 0 Å². The van der Waals surface area contributed by atoms with Crippen molar-refractivity contribution in [3.63, 3.8) is 0 Å². The number of carbonyl (C=O) groups is 2. The molecule has 0 rings (SSSR count). The Morgan fingerprint density at radius 2 is 1.78 bits per heavy atom. The zero-order valence-corrected chi connectivity index (χ0v) is 11.8. The van der Waals surface area contributed by atoms with Gasteiger partial charge in [0.1, 0.15) is 6.04 Å². The second-order valence-electron chi connectivity index (χ2n) is 5.18. The third-order valence-corrected chi connectivity index (χ3v) is 2.68. The van der Waals surface area contributed by atoms with Crippen LogP contribution in [-0.4, -0.2) is 29.2 Å². The maximum atomic E-state index is 11.6. The minimum Gasteiger partial charge on any atom is -0.480 e. The lowest BCUT2D eigenvalue weighted by atomic mass is 10.0. The summed E-state index contributed by atoms with van der Waals surface area (Å²) < 4.78 is 0. The van der Waals surface area contributed by atoms with Crippen LogP contribution in [0.15, 0.2) is 0 Å². The monoisotopic (exact) mass is 258 g/mol. The number of nitrogens with one attached hydrogen (secondary N) is 2. The van der Waals surface area contributed by atoms with Gasteiger partial charge in [0, 0.05) is 6.04 Å². The van der Waals surface area contributed by atoms with Gasteiger partial charge in [-0.15, -0.1) is 0 Å². The number of hydrogen-bond acceptors (Lipinski definition) is 2. The van der Waals surface area contributed by atoms with E-state index in [4.69, 9.17) is 5.11 Å². The molecule has 0 saturated carbocycles. The molecule has 2 unspecified atom stereocenters. The highest BCUT2D eigenvalue weighted by molar-refractivity contribution is 5.82. The second-order valence-corrected chi connectivity index (χ2v) is 5.18. The minimum atomic E-state index is -0.986. The van der Waals surface area contributed by atoms with Crippen molar-refractivity contribution in [3.05, 3.63) is 0 Å². The number of aliphatic carboxylic acids is 1. The van der Waals surface area contributed by atoms with Crippen LogP contribution in [-0.2, 0) is 4.79 Å². The first kappa shape index (κ1) is 16.7. The summed E-state index contributed by atoms with van der Waals surface area (Å²) in [4.78, 5) is 22.6. The molecular formula is C13H26N2O3. The number of rotatable bonds is 8. The molecule has 106 valence electrons. The van der Waals surface area contributed by atoms with E-state index in [2.05, 4.69) is 17.6 Å². The molecule has 5 nitrogen and oxygen atoms in total. The quantitative estimate of drug-likeness (QED) is 0.625. The van der Waals surface area contributed by atoms with Crippen LogP contribution in [0.4, 0.5) is 4.79 Å². The van der Waals surface area contributed by atoms with Gasteiger partial charge in [0.2, 0.25) is 0 Å². The van der Waals surface area contributed by atoms with Crippen molar-refractivity contribution in [1.29, 1.82) is 0 Å². The maximum Gasteiger partial charge on any atom is 0.326 e. The van der Waals surface area contributed by atoms with E-state index in [-0.39, 0.29) is 12.0 Å². The second kappa shape index (κ2) is 8.78. The van der Waals surface area contributed by atoms with Gasteiger partial charge in [-0.2, -0.15) is 0 Å². The number of unbranched alkanes of at least 4 members (excludes halogenated alkanes) is 1. The Labute approximate surface area is 109 Å². The highest BCUT2D eigenvalue weighted by Crippen LogP contribution is 2.05. The Balaban J connectivity index is 4.13. The Kier molecular flexibility index (Phi) is 8.16. The Hall–Kier alpha value is -1.26. The van der Waals surface area contributed by atoms with Gasteiger partial charge in [0.25, 0.3) is 0 Å². The van der Waals surface area contributed by atoms with Gasteiger partial charge in [-0.1, -0.05) is 33.6 Å². The molecule has 18 heavy (non-hydrogen) atoms. The summed E-state index contributed by atoms with van der Waals surface area (Å²) in [5.74, 6) is -0.760. The molecule has 0 aromatic rings. The molecule has 0 aliphatic rings. The zero-order chi connectivity index (χ0) is 14.1. The summed E-state index contributed by atoms with van der Waals surface area (Å²) in [6.45, 7) is 7.88. The number of carboxylic acid groups (broad SMARTS) is 1. The van der Waals surface area contributed by atoms with Crippen LogP contribution in [0.5, 0.6) is 0 Å². The Bertz CT molecular complexity index is 267. The number of carboxylic acids is 1. The van der Waals surface area contributed by atoms with Gasteiger partial charge < -0.3 is 15.7 Å². The molecule has 0 aromatic carbocycles. The van der Waals surface area contributed by atoms with E-state index in [1.54, 1.807) is 0 Å². The smallest absolute Gasteiger partial charge is 0.326 e. The predicted molar refractivity (Wildman–Crippen MR) is 71.5 cm³/mol. The summed E-state index contributed by atoms with van der Waals surface area (Å²) in [5, 5.41) is 14.3. The first-order valence-corrected chi connectivity index (χ1v) is 6.66. The fraction of sp³-hybridized carbons (Fsp3) is 0.846. The largest absolute Gasteiger partial charge is 0.480 e. The number of carbonyl (C=O) groups excluding carboxylic acids is 1. The lowest BCUT2D eigenvalue weighted by Gasteiger charge is -2.19. The Morgan fingerprint density at radius 3 is 2.22 bits per heavy atom. The van der Waals surface area contributed by atoms with Crippen molar-refractivity contribution >= 4 is 12.0 Å². The van der Waals surface area contributed by atoms with Crippen molar-refractivity contribution in [2.75, 3.05) is 0 Å². The average molecular weight is 258 g/mol. The molecule has 0 radical (unpaired) electrons.